The van der Waals surface area contributed by atoms with Crippen LogP contribution < -0.4 is 15.8 Å². The highest BCUT2D eigenvalue weighted by Gasteiger charge is 2.07. The highest BCUT2D eigenvalue weighted by molar-refractivity contribution is 7.09. The first-order valence-corrected chi connectivity index (χ1v) is 7.95. The Balaban J connectivity index is 1.49. The number of amides is 1. The van der Waals surface area contributed by atoms with E-state index in [-0.39, 0.29) is 12.5 Å². The number of aryl methyl sites for hydroxylation is 1. The van der Waals surface area contributed by atoms with Gasteiger partial charge in [0.05, 0.1) is 6.54 Å². The van der Waals surface area contributed by atoms with Crippen LogP contribution in [0.2, 0.25) is 0 Å². The number of benzene rings is 1. The summed E-state index contributed by atoms with van der Waals surface area (Å²) in [6, 6.07) is 6.78. The lowest BCUT2D eigenvalue weighted by Gasteiger charge is -2.07. The fourth-order valence-electron chi connectivity index (χ4n) is 1.92. The van der Waals surface area contributed by atoms with Crippen LogP contribution in [0.3, 0.4) is 0 Å². The number of hydrogen-bond acceptors (Lipinski definition) is 7. The Hall–Kier alpha value is -2.94. The molecule has 124 valence electrons. The molecule has 1 aromatic carbocycles. The molecule has 0 fully saturated rings. The Morgan fingerprint density at radius 1 is 1.38 bits per heavy atom. The first-order valence-electron chi connectivity index (χ1n) is 7.07. The van der Waals surface area contributed by atoms with Crippen LogP contribution in [0, 0.1) is 6.92 Å². The summed E-state index contributed by atoms with van der Waals surface area (Å²) >= 11 is 1.50. The van der Waals surface area contributed by atoms with Gasteiger partial charge < -0.3 is 10.1 Å². The molecule has 8 nitrogen and oxygen atoms in total. The van der Waals surface area contributed by atoms with E-state index in [2.05, 4.69) is 25.0 Å². The lowest BCUT2D eigenvalue weighted by Crippen LogP contribution is -2.28. The highest BCUT2D eigenvalue weighted by atomic mass is 32.1. The van der Waals surface area contributed by atoms with Crippen molar-refractivity contribution >= 4 is 17.2 Å². The van der Waals surface area contributed by atoms with E-state index < -0.39 is 5.76 Å². The lowest BCUT2D eigenvalue weighted by molar-refractivity contribution is -0.123. The van der Waals surface area contributed by atoms with Gasteiger partial charge >= 0.3 is 5.76 Å². The van der Waals surface area contributed by atoms with Crippen LogP contribution in [-0.4, -0.2) is 27.6 Å². The third-order valence-corrected chi connectivity index (χ3v) is 4.01. The van der Waals surface area contributed by atoms with Gasteiger partial charge in [0.1, 0.15) is 10.8 Å². The van der Waals surface area contributed by atoms with Crippen molar-refractivity contribution in [3.63, 3.8) is 0 Å². The zero-order chi connectivity index (χ0) is 16.9. The second-order valence-corrected chi connectivity index (χ2v) is 5.86. The average Bonchev–Trinajstić information content (AvgIpc) is 3.20. The number of rotatable bonds is 6. The summed E-state index contributed by atoms with van der Waals surface area (Å²) < 4.78 is 9.86. The van der Waals surface area contributed by atoms with E-state index in [1.807, 2.05) is 12.3 Å². The summed E-state index contributed by atoms with van der Waals surface area (Å²) in [6.07, 6.45) is 0. The molecule has 1 amide bonds. The van der Waals surface area contributed by atoms with Gasteiger partial charge in [-0.2, -0.15) is 0 Å². The van der Waals surface area contributed by atoms with Gasteiger partial charge in [0, 0.05) is 16.6 Å². The Labute approximate surface area is 140 Å². The molecule has 2 heterocycles. The van der Waals surface area contributed by atoms with Crippen LogP contribution in [0.4, 0.5) is 0 Å². The fraction of sp³-hybridized carbons (Fsp3) is 0.200. The number of carbonyl (C=O) groups excluding carboxylic acids is 1. The topological polar surface area (TPSA) is 110 Å². The zero-order valence-electron chi connectivity index (χ0n) is 12.7. The molecule has 0 spiro atoms. The van der Waals surface area contributed by atoms with E-state index in [9.17, 15) is 9.59 Å². The van der Waals surface area contributed by atoms with Crippen molar-refractivity contribution in [2.24, 2.45) is 0 Å². The largest absolute Gasteiger partial charge is 0.484 e. The number of thiazole rings is 1. The molecule has 0 bridgehead atoms. The lowest BCUT2D eigenvalue weighted by atomic mass is 10.2. The third-order valence-electron chi connectivity index (χ3n) is 3.04. The Morgan fingerprint density at radius 2 is 2.17 bits per heavy atom. The van der Waals surface area contributed by atoms with Crippen molar-refractivity contribution in [3.8, 4) is 17.1 Å². The van der Waals surface area contributed by atoms with E-state index in [0.29, 0.717) is 23.7 Å². The molecule has 24 heavy (non-hydrogen) atoms. The molecule has 0 aliphatic heterocycles. The number of nitrogens with zero attached hydrogens (tertiary/aromatic N) is 2. The molecular weight excluding hydrogens is 332 g/mol. The van der Waals surface area contributed by atoms with Crippen molar-refractivity contribution in [3.05, 3.63) is 50.9 Å². The molecule has 0 saturated carbocycles. The molecule has 0 radical (unpaired) electrons. The Morgan fingerprint density at radius 3 is 2.79 bits per heavy atom. The minimum absolute atomic E-state index is 0.0928. The Bertz CT molecular complexity index is 881. The minimum atomic E-state index is -0.613. The van der Waals surface area contributed by atoms with Crippen molar-refractivity contribution < 1.29 is 14.1 Å². The van der Waals surface area contributed by atoms with Gasteiger partial charge in [-0.15, -0.1) is 11.3 Å². The molecule has 9 heteroatoms. The number of hydrogen-bond donors (Lipinski definition) is 2. The fourth-order valence-corrected chi connectivity index (χ4v) is 2.63. The normalized spacial score (nSPS) is 10.5. The van der Waals surface area contributed by atoms with Gasteiger partial charge in [-0.1, -0.05) is 5.16 Å². The Kier molecular flexibility index (Phi) is 4.71. The van der Waals surface area contributed by atoms with Gasteiger partial charge in [-0.05, 0) is 31.2 Å². The molecule has 0 saturated heterocycles. The van der Waals surface area contributed by atoms with Crippen LogP contribution in [0.25, 0.3) is 11.4 Å². The molecule has 2 aromatic heterocycles. The predicted molar refractivity (Wildman–Crippen MR) is 86.8 cm³/mol. The van der Waals surface area contributed by atoms with Gasteiger partial charge in [0.2, 0.25) is 0 Å². The van der Waals surface area contributed by atoms with E-state index in [1.165, 1.54) is 11.3 Å². The van der Waals surface area contributed by atoms with Gasteiger partial charge in [-0.3, -0.25) is 14.3 Å². The van der Waals surface area contributed by atoms with Gasteiger partial charge in [-0.25, -0.2) is 9.78 Å². The molecule has 3 aromatic rings. The molecule has 3 rings (SSSR count). The summed E-state index contributed by atoms with van der Waals surface area (Å²) in [5, 5.41) is 9.12. The molecule has 0 atom stereocenters. The quantitative estimate of drug-likeness (QED) is 0.700. The molecule has 2 N–H and O–H groups in total. The molecular formula is C15H14N4O4S. The number of nitrogens with one attached hydrogen (secondary N) is 2. The molecule has 0 unspecified atom stereocenters. The van der Waals surface area contributed by atoms with E-state index in [1.54, 1.807) is 24.3 Å². The molecule has 0 aliphatic carbocycles. The average molecular weight is 346 g/mol. The molecule has 0 aliphatic rings. The van der Waals surface area contributed by atoms with E-state index in [4.69, 9.17) is 4.74 Å². The summed E-state index contributed by atoms with van der Waals surface area (Å²) in [6.45, 7) is 2.20. The van der Waals surface area contributed by atoms with Crippen LogP contribution in [0.1, 0.15) is 10.7 Å². The van der Waals surface area contributed by atoms with E-state index in [0.717, 1.165) is 10.7 Å². The van der Waals surface area contributed by atoms with Crippen LogP contribution in [0.15, 0.2) is 39.0 Å². The van der Waals surface area contributed by atoms with Crippen molar-refractivity contribution in [2.75, 3.05) is 6.61 Å². The first kappa shape index (κ1) is 15.9. The number of H-pyrrole nitrogens is 1. The second-order valence-electron chi connectivity index (χ2n) is 4.92. The van der Waals surface area contributed by atoms with Crippen LogP contribution in [-0.2, 0) is 11.3 Å². The standard InChI is InChI=1S/C15H14N4O4S/c1-9-8-24-13(17-9)6-16-12(20)7-22-11-4-2-10(3-5-11)14-18-15(21)23-19-14/h2-5,8H,6-7H2,1H3,(H,16,20)(H,18,19,21). The second kappa shape index (κ2) is 7.09. The van der Waals surface area contributed by atoms with Crippen molar-refractivity contribution in [2.45, 2.75) is 13.5 Å². The third kappa shape index (κ3) is 4.07. The van der Waals surface area contributed by atoms with Crippen LogP contribution >= 0.6 is 11.3 Å². The number of aromatic nitrogens is 3. The minimum Gasteiger partial charge on any atom is -0.484 e. The number of aromatic amines is 1. The summed E-state index contributed by atoms with van der Waals surface area (Å²) in [5.41, 5.74) is 1.62. The number of carbonyl (C=O) groups is 1. The zero-order valence-corrected chi connectivity index (χ0v) is 13.6. The SMILES string of the molecule is Cc1csc(CNC(=O)COc2ccc(-c3noc(=O)[nH]3)cc2)n1. The predicted octanol–water partition coefficient (Wildman–Crippen LogP) is 1.49. The van der Waals surface area contributed by atoms with Crippen molar-refractivity contribution in [1.29, 1.82) is 0 Å². The first-order chi connectivity index (χ1) is 11.6. The van der Waals surface area contributed by atoms with Crippen LogP contribution in [0.5, 0.6) is 5.75 Å². The van der Waals surface area contributed by atoms with Crippen molar-refractivity contribution in [1.82, 2.24) is 20.4 Å². The monoisotopic (exact) mass is 346 g/mol. The summed E-state index contributed by atoms with van der Waals surface area (Å²) in [7, 11) is 0. The summed E-state index contributed by atoms with van der Waals surface area (Å²) in [4.78, 5) is 29.4. The van der Waals surface area contributed by atoms with Gasteiger partial charge in [0.15, 0.2) is 12.4 Å². The van der Waals surface area contributed by atoms with E-state index >= 15 is 0 Å². The maximum Gasteiger partial charge on any atom is 0.439 e. The maximum atomic E-state index is 11.8. The highest BCUT2D eigenvalue weighted by Crippen LogP contribution is 2.18. The summed E-state index contributed by atoms with van der Waals surface area (Å²) in [5.74, 6) is 0.0260. The van der Waals surface area contributed by atoms with Gasteiger partial charge in [0.25, 0.3) is 5.91 Å². The number of ether oxygens (including phenoxy) is 1. The smallest absolute Gasteiger partial charge is 0.439 e. The maximum absolute atomic E-state index is 11.8.